The average Bonchev–Trinajstić information content (AvgIpc) is 2.26. The first kappa shape index (κ1) is 13.5. The topological polar surface area (TPSA) is 66.6 Å². The van der Waals surface area contributed by atoms with E-state index in [1.807, 2.05) is 20.8 Å². The molecule has 0 aliphatic rings. The lowest BCUT2D eigenvalue weighted by Crippen LogP contribution is -2.49. The first-order valence-corrected chi connectivity index (χ1v) is 5.55. The number of anilines is 1. The summed E-state index contributed by atoms with van der Waals surface area (Å²) in [5.41, 5.74) is 6.36. The van der Waals surface area contributed by atoms with E-state index >= 15 is 0 Å². The van der Waals surface area contributed by atoms with Gasteiger partial charge in [-0.15, -0.1) is 0 Å². The summed E-state index contributed by atoms with van der Waals surface area (Å²) in [5.74, 6) is 0.0397. The Balaban J connectivity index is 2.87. The van der Waals surface area contributed by atoms with Crippen LogP contribution in [0.3, 0.4) is 0 Å². The molecule has 0 aromatic heterocycles. The summed E-state index contributed by atoms with van der Waals surface area (Å²) in [5, 5.41) is 9.19. The van der Waals surface area contributed by atoms with Crippen molar-refractivity contribution in [3.8, 4) is 5.75 Å². The summed E-state index contributed by atoms with van der Waals surface area (Å²) in [6.07, 6.45) is 0. The van der Waals surface area contributed by atoms with Gasteiger partial charge in [-0.25, -0.2) is 0 Å². The largest absolute Gasteiger partial charge is 0.508 e. The number of hydrogen-bond donors (Lipinski definition) is 2. The Hall–Kier alpha value is -1.55. The van der Waals surface area contributed by atoms with Gasteiger partial charge in [-0.05, 0) is 29.7 Å². The zero-order chi connectivity index (χ0) is 13.2. The first-order valence-electron chi connectivity index (χ1n) is 5.55. The van der Waals surface area contributed by atoms with Gasteiger partial charge in [0, 0.05) is 12.7 Å². The highest BCUT2D eigenvalue weighted by atomic mass is 16.3. The van der Waals surface area contributed by atoms with Crippen molar-refractivity contribution in [1.82, 2.24) is 0 Å². The number of hydrogen-bond acceptors (Lipinski definition) is 3. The highest BCUT2D eigenvalue weighted by Crippen LogP contribution is 2.22. The van der Waals surface area contributed by atoms with E-state index in [1.54, 1.807) is 31.3 Å². The third kappa shape index (κ3) is 3.20. The lowest BCUT2D eigenvalue weighted by Gasteiger charge is -2.30. The van der Waals surface area contributed by atoms with Crippen LogP contribution < -0.4 is 10.6 Å². The van der Waals surface area contributed by atoms with Gasteiger partial charge in [-0.1, -0.05) is 20.8 Å². The minimum Gasteiger partial charge on any atom is -0.508 e. The van der Waals surface area contributed by atoms with E-state index in [9.17, 15) is 9.90 Å². The molecule has 4 heteroatoms. The Morgan fingerprint density at radius 2 is 1.76 bits per heavy atom. The Morgan fingerprint density at radius 1 is 1.29 bits per heavy atom. The summed E-state index contributed by atoms with van der Waals surface area (Å²) in [6.45, 7) is 5.79. The van der Waals surface area contributed by atoms with E-state index in [2.05, 4.69) is 0 Å². The molecule has 1 amide bonds. The maximum absolute atomic E-state index is 12.1. The number of aromatic hydroxyl groups is 1. The summed E-state index contributed by atoms with van der Waals surface area (Å²) in [7, 11) is 1.68. The number of nitrogens with two attached hydrogens (primary N) is 1. The molecule has 0 bridgehead atoms. The molecule has 1 atom stereocenters. The van der Waals surface area contributed by atoms with Crippen LogP contribution in [-0.4, -0.2) is 24.1 Å². The number of amides is 1. The maximum atomic E-state index is 12.1. The quantitative estimate of drug-likeness (QED) is 0.821. The van der Waals surface area contributed by atoms with Crippen molar-refractivity contribution >= 4 is 11.6 Å². The van der Waals surface area contributed by atoms with Crippen molar-refractivity contribution in [2.45, 2.75) is 26.8 Å². The number of likely N-dealkylation sites (N-methyl/N-ethyl adjacent to an activating group) is 1. The second-order valence-corrected chi connectivity index (χ2v) is 5.26. The Kier molecular flexibility index (Phi) is 3.78. The van der Waals surface area contributed by atoms with E-state index < -0.39 is 6.04 Å². The molecule has 1 rings (SSSR count). The molecule has 1 aromatic rings. The van der Waals surface area contributed by atoms with Gasteiger partial charge in [0.1, 0.15) is 5.75 Å². The fraction of sp³-hybridized carbons (Fsp3) is 0.462. The summed E-state index contributed by atoms with van der Waals surface area (Å²) in [4.78, 5) is 13.6. The van der Waals surface area contributed by atoms with E-state index in [1.165, 1.54) is 4.90 Å². The van der Waals surface area contributed by atoms with Crippen molar-refractivity contribution in [2.75, 3.05) is 11.9 Å². The number of carbonyl (C=O) groups is 1. The highest BCUT2D eigenvalue weighted by Gasteiger charge is 2.30. The fourth-order valence-corrected chi connectivity index (χ4v) is 1.38. The molecule has 0 radical (unpaired) electrons. The summed E-state index contributed by atoms with van der Waals surface area (Å²) in [6, 6.07) is 5.90. The minimum absolute atomic E-state index is 0.136. The van der Waals surface area contributed by atoms with Crippen molar-refractivity contribution in [3.63, 3.8) is 0 Å². The number of carbonyl (C=O) groups excluding carboxylic acids is 1. The molecule has 0 saturated carbocycles. The van der Waals surface area contributed by atoms with Crippen LogP contribution in [0.2, 0.25) is 0 Å². The average molecular weight is 236 g/mol. The molecule has 0 aliphatic carbocycles. The van der Waals surface area contributed by atoms with Crippen LogP contribution in [0.15, 0.2) is 24.3 Å². The molecule has 0 unspecified atom stereocenters. The lowest BCUT2D eigenvalue weighted by molar-refractivity contribution is -0.121. The van der Waals surface area contributed by atoms with Crippen molar-refractivity contribution in [1.29, 1.82) is 0 Å². The van der Waals surface area contributed by atoms with Crippen LogP contribution >= 0.6 is 0 Å². The van der Waals surface area contributed by atoms with Gasteiger partial charge >= 0.3 is 0 Å². The molecule has 0 heterocycles. The SMILES string of the molecule is CN(C(=O)[C@@H](N)C(C)(C)C)c1ccc(O)cc1. The first-order chi connectivity index (χ1) is 7.73. The van der Waals surface area contributed by atoms with E-state index in [4.69, 9.17) is 5.73 Å². The number of phenols is 1. The molecular weight excluding hydrogens is 216 g/mol. The molecule has 3 N–H and O–H groups in total. The van der Waals surface area contributed by atoms with Crippen LogP contribution in [0, 0.1) is 5.41 Å². The van der Waals surface area contributed by atoms with Gasteiger partial charge in [-0.3, -0.25) is 4.79 Å². The van der Waals surface area contributed by atoms with Crippen LogP contribution in [-0.2, 0) is 4.79 Å². The van der Waals surface area contributed by atoms with Crippen LogP contribution in [0.4, 0.5) is 5.69 Å². The van der Waals surface area contributed by atoms with Crippen LogP contribution in [0.1, 0.15) is 20.8 Å². The number of nitrogens with zero attached hydrogens (tertiary/aromatic N) is 1. The van der Waals surface area contributed by atoms with Gasteiger partial charge in [0.15, 0.2) is 0 Å². The third-order valence-corrected chi connectivity index (χ3v) is 2.77. The Morgan fingerprint density at radius 3 is 2.18 bits per heavy atom. The van der Waals surface area contributed by atoms with Gasteiger partial charge < -0.3 is 15.7 Å². The third-order valence-electron chi connectivity index (χ3n) is 2.77. The van der Waals surface area contributed by atoms with E-state index in [0.29, 0.717) is 5.69 Å². The van der Waals surface area contributed by atoms with Crippen LogP contribution in [0.25, 0.3) is 0 Å². The van der Waals surface area contributed by atoms with Gasteiger partial charge in [0.25, 0.3) is 0 Å². The predicted octanol–water partition coefficient (Wildman–Crippen LogP) is 1.73. The van der Waals surface area contributed by atoms with E-state index in [-0.39, 0.29) is 17.1 Å². The van der Waals surface area contributed by atoms with Gasteiger partial charge in [0.2, 0.25) is 5.91 Å². The highest BCUT2D eigenvalue weighted by molar-refractivity contribution is 5.97. The molecule has 4 nitrogen and oxygen atoms in total. The normalized spacial score (nSPS) is 13.2. The zero-order valence-electron chi connectivity index (χ0n) is 10.8. The molecule has 0 saturated heterocycles. The molecule has 0 spiro atoms. The standard InChI is InChI=1S/C13H20N2O2/c1-13(2,3)11(14)12(17)15(4)9-5-7-10(16)8-6-9/h5-8,11,16H,14H2,1-4H3/t11-/m1/s1. The maximum Gasteiger partial charge on any atom is 0.244 e. The van der Waals surface area contributed by atoms with Crippen molar-refractivity contribution in [2.24, 2.45) is 11.1 Å². The molecule has 1 aromatic carbocycles. The smallest absolute Gasteiger partial charge is 0.244 e. The molecular formula is C13H20N2O2. The second kappa shape index (κ2) is 4.75. The molecule has 0 fully saturated rings. The summed E-state index contributed by atoms with van der Waals surface area (Å²) >= 11 is 0. The van der Waals surface area contributed by atoms with Gasteiger partial charge in [0.05, 0.1) is 6.04 Å². The lowest BCUT2D eigenvalue weighted by atomic mass is 9.86. The number of rotatable bonds is 2. The Labute approximate surface area is 102 Å². The zero-order valence-corrected chi connectivity index (χ0v) is 10.8. The summed E-state index contributed by atoms with van der Waals surface area (Å²) < 4.78 is 0. The Bertz CT molecular complexity index is 393. The molecule has 0 aliphatic heterocycles. The van der Waals surface area contributed by atoms with Gasteiger partial charge in [-0.2, -0.15) is 0 Å². The fourth-order valence-electron chi connectivity index (χ4n) is 1.38. The minimum atomic E-state index is -0.554. The number of phenolic OH excluding ortho intramolecular Hbond substituents is 1. The second-order valence-electron chi connectivity index (χ2n) is 5.26. The number of benzene rings is 1. The monoisotopic (exact) mass is 236 g/mol. The predicted molar refractivity (Wildman–Crippen MR) is 68.9 cm³/mol. The van der Waals surface area contributed by atoms with E-state index in [0.717, 1.165) is 0 Å². The van der Waals surface area contributed by atoms with Crippen molar-refractivity contribution < 1.29 is 9.90 Å². The molecule has 94 valence electrons. The van der Waals surface area contributed by atoms with Crippen molar-refractivity contribution in [3.05, 3.63) is 24.3 Å². The van der Waals surface area contributed by atoms with Crippen LogP contribution in [0.5, 0.6) is 5.75 Å². The molecule has 17 heavy (non-hydrogen) atoms.